The minimum atomic E-state index is -0.258. The first kappa shape index (κ1) is 10.5. The maximum absolute atomic E-state index is 13.2. The van der Waals surface area contributed by atoms with Crippen LogP contribution in [-0.2, 0) is 0 Å². The Morgan fingerprint density at radius 1 is 1.12 bits per heavy atom. The van der Waals surface area contributed by atoms with Gasteiger partial charge in [-0.1, -0.05) is 18.2 Å². The van der Waals surface area contributed by atoms with Gasteiger partial charge in [0.2, 0.25) is 0 Å². The average molecular weight is 291 g/mol. The van der Waals surface area contributed by atoms with Gasteiger partial charge in [-0.2, -0.15) is 0 Å². The first-order valence-electron chi connectivity index (χ1n) is 5.14. The van der Waals surface area contributed by atoms with Gasteiger partial charge in [-0.05, 0) is 40.2 Å². The molecule has 0 N–H and O–H groups in total. The lowest BCUT2D eigenvalue weighted by Gasteiger charge is -2.00. The van der Waals surface area contributed by atoms with Gasteiger partial charge in [-0.15, -0.1) is 0 Å². The van der Waals surface area contributed by atoms with Crippen molar-refractivity contribution < 1.29 is 4.39 Å². The van der Waals surface area contributed by atoms with Gasteiger partial charge in [-0.3, -0.25) is 4.40 Å². The molecule has 0 atom stereocenters. The number of aromatic nitrogens is 2. The van der Waals surface area contributed by atoms with Crippen LogP contribution in [0.2, 0.25) is 0 Å². The highest BCUT2D eigenvalue weighted by Crippen LogP contribution is 2.26. The van der Waals surface area contributed by atoms with E-state index in [1.807, 2.05) is 34.9 Å². The van der Waals surface area contributed by atoms with Crippen molar-refractivity contribution in [2.45, 2.75) is 0 Å². The third-order valence-electron chi connectivity index (χ3n) is 2.59. The molecule has 0 radical (unpaired) electrons. The number of benzene rings is 1. The van der Waals surface area contributed by atoms with E-state index in [9.17, 15) is 4.39 Å². The molecule has 0 saturated heterocycles. The Hall–Kier alpha value is -1.68. The van der Waals surface area contributed by atoms with Gasteiger partial charge in [0.15, 0.2) is 0 Å². The van der Waals surface area contributed by atoms with Crippen LogP contribution in [0.4, 0.5) is 4.39 Å². The molecule has 0 unspecified atom stereocenters. The van der Waals surface area contributed by atoms with E-state index < -0.39 is 0 Å². The Bertz CT molecular complexity index is 691. The minimum absolute atomic E-state index is 0.258. The zero-order valence-corrected chi connectivity index (χ0v) is 10.4. The molecule has 0 aliphatic carbocycles. The normalized spacial score (nSPS) is 10.9. The molecule has 2 heterocycles. The molecular formula is C13H8BrFN2. The molecule has 0 spiro atoms. The fourth-order valence-electron chi connectivity index (χ4n) is 1.83. The number of rotatable bonds is 1. The van der Waals surface area contributed by atoms with Gasteiger partial charge in [0, 0.05) is 11.8 Å². The molecule has 3 rings (SSSR count). The van der Waals surface area contributed by atoms with Crippen LogP contribution in [0.3, 0.4) is 0 Å². The van der Waals surface area contributed by atoms with E-state index in [4.69, 9.17) is 0 Å². The van der Waals surface area contributed by atoms with Crippen LogP contribution >= 0.6 is 15.9 Å². The molecule has 0 aliphatic heterocycles. The van der Waals surface area contributed by atoms with Crippen molar-refractivity contribution in [1.82, 2.24) is 9.38 Å². The van der Waals surface area contributed by atoms with Crippen molar-refractivity contribution in [3.63, 3.8) is 0 Å². The standard InChI is InChI=1S/C13H8BrFN2/c14-12-11-6-1-2-7-17(11)13(16-12)9-4-3-5-10(15)8-9/h1-8H. The van der Waals surface area contributed by atoms with Crippen molar-refractivity contribution in [1.29, 1.82) is 0 Å². The molecule has 0 bridgehead atoms. The third-order valence-corrected chi connectivity index (χ3v) is 3.17. The van der Waals surface area contributed by atoms with E-state index in [1.165, 1.54) is 12.1 Å². The lowest BCUT2D eigenvalue weighted by atomic mass is 10.2. The smallest absolute Gasteiger partial charge is 0.146 e. The maximum Gasteiger partial charge on any atom is 0.146 e. The van der Waals surface area contributed by atoms with Crippen LogP contribution in [0.25, 0.3) is 16.9 Å². The number of pyridine rings is 1. The van der Waals surface area contributed by atoms with Gasteiger partial charge in [0.25, 0.3) is 0 Å². The van der Waals surface area contributed by atoms with Crippen LogP contribution < -0.4 is 0 Å². The Labute approximate surface area is 106 Å². The topological polar surface area (TPSA) is 17.3 Å². The molecule has 84 valence electrons. The predicted molar refractivity (Wildman–Crippen MR) is 68.3 cm³/mol. The first-order chi connectivity index (χ1) is 8.25. The molecule has 0 aliphatic rings. The molecule has 1 aromatic carbocycles. The molecule has 0 saturated carbocycles. The zero-order valence-electron chi connectivity index (χ0n) is 8.77. The summed E-state index contributed by atoms with van der Waals surface area (Å²) in [7, 11) is 0. The van der Waals surface area contributed by atoms with Crippen molar-refractivity contribution in [2.75, 3.05) is 0 Å². The molecule has 2 aromatic heterocycles. The van der Waals surface area contributed by atoms with Crippen LogP contribution in [0.1, 0.15) is 0 Å². The van der Waals surface area contributed by atoms with Gasteiger partial charge in [-0.25, -0.2) is 9.37 Å². The van der Waals surface area contributed by atoms with E-state index in [-0.39, 0.29) is 5.82 Å². The second kappa shape index (κ2) is 3.96. The monoisotopic (exact) mass is 290 g/mol. The van der Waals surface area contributed by atoms with Crippen LogP contribution in [0, 0.1) is 5.82 Å². The second-order valence-electron chi connectivity index (χ2n) is 3.69. The largest absolute Gasteiger partial charge is 0.299 e. The van der Waals surface area contributed by atoms with E-state index in [1.54, 1.807) is 6.07 Å². The zero-order chi connectivity index (χ0) is 11.8. The summed E-state index contributed by atoms with van der Waals surface area (Å²) in [6.07, 6.45) is 1.91. The summed E-state index contributed by atoms with van der Waals surface area (Å²) in [4.78, 5) is 4.41. The average Bonchev–Trinajstić information content (AvgIpc) is 2.68. The summed E-state index contributed by atoms with van der Waals surface area (Å²) >= 11 is 3.41. The van der Waals surface area contributed by atoms with E-state index in [0.717, 1.165) is 21.5 Å². The number of nitrogens with zero attached hydrogens (tertiary/aromatic N) is 2. The highest BCUT2D eigenvalue weighted by Gasteiger charge is 2.10. The number of hydrogen-bond donors (Lipinski definition) is 0. The van der Waals surface area contributed by atoms with Crippen molar-refractivity contribution in [3.05, 3.63) is 59.1 Å². The lowest BCUT2D eigenvalue weighted by molar-refractivity contribution is 0.628. The Morgan fingerprint density at radius 2 is 2.00 bits per heavy atom. The minimum Gasteiger partial charge on any atom is -0.299 e. The SMILES string of the molecule is Fc1cccc(-c2nc(Br)c3ccccn23)c1. The lowest BCUT2D eigenvalue weighted by Crippen LogP contribution is -1.88. The number of hydrogen-bond acceptors (Lipinski definition) is 1. The summed E-state index contributed by atoms with van der Waals surface area (Å²) in [5.41, 5.74) is 1.73. The quantitative estimate of drug-likeness (QED) is 0.664. The van der Waals surface area contributed by atoms with Crippen molar-refractivity contribution >= 4 is 21.4 Å². The van der Waals surface area contributed by atoms with Gasteiger partial charge >= 0.3 is 0 Å². The van der Waals surface area contributed by atoms with E-state index >= 15 is 0 Å². The van der Waals surface area contributed by atoms with Gasteiger partial charge < -0.3 is 0 Å². The Balaban J connectivity index is 2.31. The van der Waals surface area contributed by atoms with Crippen LogP contribution in [0.5, 0.6) is 0 Å². The number of fused-ring (bicyclic) bond motifs is 1. The summed E-state index contributed by atoms with van der Waals surface area (Å²) in [6.45, 7) is 0. The number of imidazole rings is 1. The van der Waals surface area contributed by atoms with Gasteiger partial charge in [0.05, 0.1) is 5.52 Å². The Morgan fingerprint density at radius 3 is 2.82 bits per heavy atom. The fourth-order valence-corrected chi connectivity index (χ4v) is 2.32. The summed E-state index contributed by atoms with van der Waals surface area (Å²) < 4.78 is 15.9. The molecule has 17 heavy (non-hydrogen) atoms. The van der Waals surface area contributed by atoms with Crippen molar-refractivity contribution in [2.24, 2.45) is 0 Å². The van der Waals surface area contributed by atoms with E-state index in [0.29, 0.717) is 0 Å². The van der Waals surface area contributed by atoms with Crippen LogP contribution in [-0.4, -0.2) is 9.38 Å². The highest BCUT2D eigenvalue weighted by molar-refractivity contribution is 9.10. The van der Waals surface area contributed by atoms with Crippen molar-refractivity contribution in [3.8, 4) is 11.4 Å². The molecular weight excluding hydrogens is 283 g/mol. The first-order valence-corrected chi connectivity index (χ1v) is 5.93. The number of halogens is 2. The molecule has 0 fully saturated rings. The second-order valence-corrected chi connectivity index (χ2v) is 4.44. The fraction of sp³-hybridized carbons (Fsp3) is 0. The molecule has 2 nitrogen and oxygen atoms in total. The summed E-state index contributed by atoms with van der Waals surface area (Å²) in [6, 6.07) is 12.3. The van der Waals surface area contributed by atoms with Gasteiger partial charge in [0.1, 0.15) is 16.2 Å². The molecule has 3 aromatic rings. The third kappa shape index (κ3) is 1.74. The predicted octanol–water partition coefficient (Wildman–Crippen LogP) is 3.90. The molecule has 0 amide bonds. The molecule has 4 heteroatoms. The summed E-state index contributed by atoms with van der Waals surface area (Å²) in [5.74, 6) is 0.471. The van der Waals surface area contributed by atoms with E-state index in [2.05, 4.69) is 20.9 Å². The maximum atomic E-state index is 13.2. The Kier molecular flexibility index (Phi) is 2.44. The summed E-state index contributed by atoms with van der Waals surface area (Å²) in [5, 5.41) is 0. The highest BCUT2D eigenvalue weighted by atomic mass is 79.9. The van der Waals surface area contributed by atoms with Crippen LogP contribution in [0.15, 0.2) is 53.3 Å².